The number of methoxy groups -OCH3 is 1. The highest BCUT2D eigenvalue weighted by Crippen LogP contribution is 2.24. The van der Waals surface area contributed by atoms with Crippen molar-refractivity contribution >= 4 is 5.82 Å². The Kier molecular flexibility index (Phi) is 4.14. The minimum absolute atomic E-state index is 0.129. The first-order chi connectivity index (χ1) is 8.28. The van der Waals surface area contributed by atoms with Crippen LogP contribution in [0.4, 0.5) is 5.82 Å². The number of aliphatic hydroxyl groups is 1. The molecule has 1 aromatic heterocycles. The fraction of sp³-hybridized carbons (Fsp3) is 0.667. The van der Waals surface area contributed by atoms with Crippen LogP contribution in [-0.2, 0) is 0 Å². The lowest BCUT2D eigenvalue weighted by molar-refractivity contribution is 0.104. The van der Waals surface area contributed by atoms with Gasteiger partial charge in [-0.05, 0) is 25.2 Å². The molecule has 2 unspecified atom stereocenters. The molecule has 1 heterocycles. The molecule has 1 aliphatic rings. The van der Waals surface area contributed by atoms with Gasteiger partial charge in [-0.2, -0.15) is 0 Å². The molecule has 0 amide bonds. The minimum atomic E-state index is -0.129. The van der Waals surface area contributed by atoms with Crippen LogP contribution in [0.5, 0.6) is 5.88 Å². The third-order valence-corrected chi connectivity index (χ3v) is 3.18. The second kappa shape index (κ2) is 5.82. The predicted molar refractivity (Wildman–Crippen MR) is 65.0 cm³/mol. The first-order valence-corrected chi connectivity index (χ1v) is 6.06. The molecule has 0 saturated heterocycles. The van der Waals surface area contributed by atoms with Gasteiger partial charge in [-0.3, -0.25) is 0 Å². The molecule has 2 atom stereocenters. The molecule has 0 aliphatic heterocycles. The Labute approximate surface area is 101 Å². The number of aliphatic hydroxyl groups excluding tert-OH is 1. The molecule has 5 nitrogen and oxygen atoms in total. The van der Waals surface area contributed by atoms with Gasteiger partial charge in [0, 0.05) is 12.6 Å². The summed E-state index contributed by atoms with van der Waals surface area (Å²) in [5, 5.41) is 12.9. The standard InChI is InChI=1S/C12H19N3O2/c1-17-12-6-11(14-8-15-12)13-7-9-3-2-4-10(16)5-9/h6,8-10,16H,2-5,7H2,1H3,(H,13,14,15). The molecule has 5 heteroatoms. The summed E-state index contributed by atoms with van der Waals surface area (Å²) in [6, 6.07) is 1.78. The molecular weight excluding hydrogens is 218 g/mol. The third kappa shape index (κ3) is 3.56. The predicted octanol–water partition coefficient (Wildman–Crippen LogP) is 1.45. The maximum atomic E-state index is 9.59. The molecule has 1 aromatic rings. The van der Waals surface area contributed by atoms with E-state index in [0.29, 0.717) is 11.8 Å². The van der Waals surface area contributed by atoms with E-state index in [4.69, 9.17) is 4.74 Å². The molecule has 0 aromatic carbocycles. The lowest BCUT2D eigenvalue weighted by Gasteiger charge is -2.26. The van der Waals surface area contributed by atoms with Crippen LogP contribution >= 0.6 is 0 Å². The molecule has 94 valence electrons. The van der Waals surface area contributed by atoms with Crippen molar-refractivity contribution in [2.75, 3.05) is 19.0 Å². The number of rotatable bonds is 4. The van der Waals surface area contributed by atoms with Crippen LogP contribution in [0.25, 0.3) is 0 Å². The molecule has 1 aliphatic carbocycles. The SMILES string of the molecule is COc1cc(NCC2CCCC(O)C2)ncn1. The van der Waals surface area contributed by atoms with Crippen LogP contribution in [0.1, 0.15) is 25.7 Å². The molecule has 0 bridgehead atoms. The monoisotopic (exact) mass is 237 g/mol. The third-order valence-electron chi connectivity index (χ3n) is 3.18. The van der Waals surface area contributed by atoms with E-state index in [-0.39, 0.29) is 6.10 Å². The van der Waals surface area contributed by atoms with Crippen LogP contribution in [0.2, 0.25) is 0 Å². The number of aromatic nitrogens is 2. The zero-order chi connectivity index (χ0) is 12.1. The number of hydrogen-bond acceptors (Lipinski definition) is 5. The lowest BCUT2D eigenvalue weighted by atomic mass is 9.87. The van der Waals surface area contributed by atoms with Gasteiger partial charge in [-0.25, -0.2) is 9.97 Å². The number of anilines is 1. The van der Waals surface area contributed by atoms with Gasteiger partial charge in [-0.1, -0.05) is 6.42 Å². The summed E-state index contributed by atoms with van der Waals surface area (Å²) >= 11 is 0. The van der Waals surface area contributed by atoms with Crippen molar-refractivity contribution < 1.29 is 9.84 Å². The van der Waals surface area contributed by atoms with E-state index in [1.165, 1.54) is 12.7 Å². The first-order valence-electron chi connectivity index (χ1n) is 6.06. The van der Waals surface area contributed by atoms with E-state index in [1.54, 1.807) is 13.2 Å². The van der Waals surface area contributed by atoms with Crippen molar-refractivity contribution in [3.63, 3.8) is 0 Å². The summed E-state index contributed by atoms with van der Waals surface area (Å²) in [7, 11) is 1.59. The van der Waals surface area contributed by atoms with Gasteiger partial charge >= 0.3 is 0 Å². The number of hydrogen-bond donors (Lipinski definition) is 2. The highest BCUT2D eigenvalue weighted by atomic mass is 16.5. The topological polar surface area (TPSA) is 67.3 Å². The van der Waals surface area contributed by atoms with Gasteiger partial charge < -0.3 is 15.2 Å². The van der Waals surface area contributed by atoms with Gasteiger partial charge in [0.25, 0.3) is 0 Å². The maximum absolute atomic E-state index is 9.59. The molecule has 2 N–H and O–H groups in total. The Bertz CT molecular complexity index is 359. The Morgan fingerprint density at radius 2 is 2.35 bits per heavy atom. The van der Waals surface area contributed by atoms with Gasteiger partial charge in [0.1, 0.15) is 12.1 Å². The molecule has 17 heavy (non-hydrogen) atoms. The summed E-state index contributed by atoms with van der Waals surface area (Å²) in [6.45, 7) is 0.844. The van der Waals surface area contributed by atoms with Crippen LogP contribution in [0.3, 0.4) is 0 Å². The van der Waals surface area contributed by atoms with E-state index in [2.05, 4.69) is 15.3 Å². The average Bonchev–Trinajstić information content (AvgIpc) is 2.37. The second-order valence-corrected chi connectivity index (χ2v) is 4.51. The maximum Gasteiger partial charge on any atom is 0.218 e. The van der Waals surface area contributed by atoms with Crippen molar-refractivity contribution in [1.82, 2.24) is 9.97 Å². The zero-order valence-corrected chi connectivity index (χ0v) is 10.1. The summed E-state index contributed by atoms with van der Waals surface area (Å²) in [5.41, 5.74) is 0. The van der Waals surface area contributed by atoms with Crippen LogP contribution < -0.4 is 10.1 Å². The second-order valence-electron chi connectivity index (χ2n) is 4.51. The van der Waals surface area contributed by atoms with Crippen LogP contribution in [-0.4, -0.2) is 34.8 Å². The number of ether oxygens (including phenoxy) is 1. The van der Waals surface area contributed by atoms with Crippen molar-refractivity contribution in [3.05, 3.63) is 12.4 Å². The molecule has 1 saturated carbocycles. The van der Waals surface area contributed by atoms with Crippen molar-refractivity contribution in [2.45, 2.75) is 31.8 Å². The van der Waals surface area contributed by atoms with Gasteiger partial charge in [0.2, 0.25) is 5.88 Å². The largest absolute Gasteiger partial charge is 0.481 e. The summed E-state index contributed by atoms with van der Waals surface area (Å²) < 4.78 is 5.03. The van der Waals surface area contributed by atoms with E-state index >= 15 is 0 Å². The quantitative estimate of drug-likeness (QED) is 0.829. The van der Waals surface area contributed by atoms with E-state index in [0.717, 1.165) is 31.6 Å². The normalized spacial score (nSPS) is 24.4. The average molecular weight is 237 g/mol. The smallest absolute Gasteiger partial charge is 0.218 e. The fourth-order valence-corrected chi connectivity index (χ4v) is 2.24. The van der Waals surface area contributed by atoms with Crippen molar-refractivity contribution in [3.8, 4) is 5.88 Å². The van der Waals surface area contributed by atoms with Crippen LogP contribution in [0, 0.1) is 5.92 Å². The molecule has 1 fully saturated rings. The van der Waals surface area contributed by atoms with Gasteiger partial charge in [0.05, 0.1) is 13.2 Å². The molecule has 0 radical (unpaired) electrons. The molecular formula is C12H19N3O2. The summed E-state index contributed by atoms with van der Waals surface area (Å²) in [6.07, 6.45) is 5.46. The molecule has 0 spiro atoms. The summed E-state index contributed by atoms with van der Waals surface area (Å²) in [4.78, 5) is 8.08. The van der Waals surface area contributed by atoms with E-state index in [9.17, 15) is 5.11 Å². The Morgan fingerprint density at radius 3 is 3.12 bits per heavy atom. The van der Waals surface area contributed by atoms with Gasteiger partial charge in [-0.15, -0.1) is 0 Å². The van der Waals surface area contributed by atoms with E-state index in [1.807, 2.05) is 0 Å². The van der Waals surface area contributed by atoms with E-state index < -0.39 is 0 Å². The van der Waals surface area contributed by atoms with Crippen molar-refractivity contribution in [1.29, 1.82) is 0 Å². The Hall–Kier alpha value is -1.36. The highest BCUT2D eigenvalue weighted by Gasteiger charge is 2.19. The zero-order valence-electron chi connectivity index (χ0n) is 10.1. The lowest BCUT2D eigenvalue weighted by Crippen LogP contribution is -2.25. The van der Waals surface area contributed by atoms with Crippen LogP contribution in [0.15, 0.2) is 12.4 Å². The first kappa shape index (κ1) is 12.1. The summed E-state index contributed by atoms with van der Waals surface area (Å²) in [5.74, 6) is 1.86. The molecule has 2 rings (SSSR count). The fourth-order valence-electron chi connectivity index (χ4n) is 2.24. The number of nitrogens with zero attached hydrogens (tertiary/aromatic N) is 2. The minimum Gasteiger partial charge on any atom is -0.481 e. The van der Waals surface area contributed by atoms with Crippen molar-refractivity contribution in [2.24, 2.45) is 5.92 Å². The number of nitrogens with one attached hydrogen (secondary N) is 1. The Morgan fingerprint density at radius 1 is 1.47 bits per heavy atom. The Balaban J connectivity index is 1.84. The highest BCUT2D eigenvalue weighted by molar-refractivity contribution is 5.36. The van der Waals surface area contributed by atoms with Gasteiger partial charge in [0.15, 0.2) is 0 Å².